The molecular weight excluding hydrogens is 250 g/mol. The van der Waals surface area contributed by atoms with Crippen molar-refractivity contribution in [2.24, 2.45) is 5.92 Å². The van der Waals surface area contributed by atoms with E-state index < -0.39 is 5.60 Å². The summed E-state index contributed by atoms with van der Waals surface area (Å²) in [5.41, 5.74) is 0.783. The van der Waals surface area contributed by atoms with Gasteiger partial charge in [-0.05, 0) is 24.3 Å². The fourth-order valence-electron chi connectivity index (χ4n) is 3.02. The standard InChI is InChI=1S/C17H25NO2/c19-17(8-10-20-11-9-17)14-18(13-16-6-7-16)12-15-4-2-1-3-5-15/h1-5,16,19H,6-14H2. The van der Waals surface area contributed by atoms with Gasteiger partial charge in [0.2, 0.25) is 0 Å². The van der Waals surface area contributed by atoms with Gasteiger partial charge in [0.05, 0.1) is 5.60 Å². The average Bonchev–Trinajstić information content (AvgIpc) is 3.24. The zero-order valence-electron chi connectivity index (χ0n) is 12.1. The van der Waals surface area contributed by atoms with Crippen LogP contribution in [0.3, 0.4) is 0 Å². The molecule has 1 aromatic carbocycles. The highest BCUT2D eigenvalue weighted by Gasteiger charge is 2.34. The smallest absolute Gasteiger partial charge is 0.0818 e. The molecule has 20 heavy (non-hydrogen) atoms. The van der Waals surface area contributed by atoms with Gasteiger partial charge in [-0.1, -0.05) is 30.3 Å². The number of nitrogens with zero attached hydrogens (tertiary/aromatic N) is 1. The lowest BCUT2D eigenvalue weighted by Gasteiger charge is -2.37. The highest BCUT2D eigenvalue weighted by molar-refractivity contribution is 5.14. The van der Waals surface area contributed by atoms with Gasteiger partial charge >= 0.3 is 0 Å². The summed E-state index contributed by atoms with van der Waals surface area (Å²) in [6.45, 7) is 4.23. The molecule has 1 aliphatic carbocycles. The highest BCUT2D eigenvalue weighted by Crippen LogP contribution is 2.31. The Morgan fingerprint density at radius 2 is 1.85 bits per heavy atom. The molecule has 0 bridgehead atoms. The number of rotatable bonds is 6. The first-order valence-electron chi connectivity index (χ1n) is 7.80. The van der Waals surface area contributed by atoms with Crippen LogP contribution in [-0.2, 0) is 11.3 Å². The van der Waals surface area contributed by atoms with Crippen molar-refractivity contribution >= 4 is 0 Å². The van der Waals surface area contributed by atoms with E-state index in [0.29, 0.717) is 13.2 Å². The largest absolute Gasteiger partial charge is 0.388 e. The Labute approximate surface area is 121 Å². The highest BCUT2D eigenvalue weighted by atomic mass is 16.5. The zero-order valence-corrected chi connectivity index (χ0v) is 12.1. The van der Waals surface area contributed by atoms with E-state index in [0.717, 1.165) is 38.4 Å². The first kappa shape index (κ1) is 14.1. The second-order valence-corrected chi connectivity index (χ2v) is 6.44. The van der Waals surface area contributed by atoms with Crippen LogP contribution in [0.5, 0.6) is 0 Å². The molecule has 3 rings (SSSR count). The van der Waals surface area contributed by atoms with Crippen molar-refractivity contribution in [2.75, 3.05) is 26.3 Å². The fourth-order valence-corrected chi connectivity index (χ4v) is 3.02. The summed E-state index contributed by atoms with van der Waals surface area (Å²) >= 11 is 0. The van der Waals surface area contributed by atoms with E-state index in [1.54, 1.807) is 0 Å². The molecule has 2 fully saturated rings. The third kappa shape index (κ3) is 4.05. The van der Waals surface area contributed by atoms with Crippen LogP contribution in [-0.4, -0.2) is 41.9 Å². The van der Waals surface area contributed by atoms with Gasteiger partial charge < -0.3 is 9.84 Å². The van der Waals surface area contributed by atoms with E-state index in [4.69, 9.17) is 4.74 Å². The van der Waals surface area contributed by atoms with Crippen LogP contribution in [0.15, 0.2) is 30.3 Å². The van der Waals surface area contributed by atoms with E-state index >= 15 is 0 Å². The Morgan fingerprint density at radius 1 is 1.15 bits per heavy atom. The van der Waals surface area contributed by atoms with Gasteiger partial charge in [-0.25, -0.2) is 0 Å². The van der Waals surface area contributed by atoms with Crippen LogP contribution in [0.4, 0.5) is 0 Å². The minimum atomic E-state index is -0.554. The van der Waals surface area contributed by atoms with Crippen LogP contribution < -0.4 is 0 Å². The Bertz CT molecular complexity index is 410. The molecule has 1 aliphatic heterocycles. The molecule has 1 aromatic rings. The minimum Gasteiger partial charge on any atom is -0.388 e. The van der Waals surface area contributed by atoms with E-state index in [2.05, 4.69) is 35.2 Å². The van der Waals surface area contributed by atoms with Crippen LogP contribution in [0.2, 0.25) is 0 Å². The fraction of sp³-hybridized carbons (Fsp3) is 0.647. The maximum atomic E-state index is 10.7. The summed E-state index contributed by atoms with van der Waals surface area (Å²) in [5.74, 6) is 0.849. The van der Waals surface area contributed by atoms with Crippen molar-refractivity contribution < 1.29 is 9.84 Å². The molecule has 1 saturated heterocycles. The molecule has 0 radical (unpaired) electrons. The Kier molecular flexibility index (Phi) is 4.39. The average molecular weight is 275 g/mol. The van der Waals surface area contributed by atoms with E-state index in [1.165, 1.54) is 18.4 Å². The normalized spacial score (nSPS) is 22.1. The summed E-state index contributed by atoms with van der Waals surface area (Å²) in [6.07, 6.45) is 4.24. The first-order chi connectivity index (χ1) is 9.73. The van der Waals surface area contributed by atoms with Gasteiger partial charge in [0.15, 0.2) is 0 Å². The molecule has 1 heterocycles. The lowest BCUT2D eigenvalue weighted by molar-refractivity contribution is -0.0814. The topological polar surface area (TPSA) is 32.7 Å². The van der Waals surface area contributed by atoms with Crippen molar-refractivity contribution in [2.45, 2.75) is 37.8 Å². The van der Waals surface area contributed by atoms with Crippen molar-refractivity contribution in [3.8, 4) is 0 Å². The molecule has 0 amide bonds. The summed E-state index contributed by atoms with van der Waals surface area (Å²) in [5, 5.41) is 10.7. The van der Waals surface area contributed by atoms with Gasteiger partial charge in [0.1, 0.15) is 0 Å². The minimum absolute atomic E-state index is 0.554. The van der Waals surface area contributed by atoms with E-state index in [9.17, 15) is 5.11 Å². The molecule has 110 valence electrons. The summed E-state index contributed by atoms with van der Waals surface area (Å²) in [6, 6.07) is 10.6. The molecule has 3 heteroatoms. The molecule has 2 aliphatic rings. The van der Waals surface area contributed by atoms with Crippen LogP contribution in [0.25, 0.3) is 0 Å². The maximum absolute atomic E-state index is 10.7. The van der Waals surface area contributed by atoms with Crippen molar-refractivity contribution in [1.82, 2.24) is 4.90 Å². The number of benzene rings is 1. The summed E-state index contributed by atoms with van der Waals surface area (Å²) in [7, 11) is 0. The maximum Gasteiger partial charge on any atom is 0.0818 e. The van der Waals surface area contributed by atoms with Gasteiger partial charge in [0, 0.05) is 45.7 Å². The van der Waals surface area contributed by atoms with Gasteiger partial charge in [-0.15, -0.1) is 0 Å². The SMILES string of the molecule is OC1(CN(Cc2ccccc2)CC2CC2)CCOCC1. The molecule has 0 unspecified atom stereocenters. The second kappa shape index (κ2) is 6.25. The molecular formula is C17H25NO2. The van der Waals surface area contributed by atoms with Crippen LogP contribution in [0, 0.1) is 5.92 Å². The predicted molar refractivity (Wildman–Crippen MR) is 79.4 cm³/mol. The van der Waals surface area contributed by atoms with Gasteiger partial charge in [-0.3, -0.25) is 4.90 Å². The first-order valence-corrected chi connectivity index (χ1v) is 7.80. The molecule has 1 saturated carbocycles. The Balaban J connectivity index is 1.62. The number of hydrogen-bond acceptors (Lipinski definition) is 3. The van der Waals surface area contributed by atoms with Gasteiger partial charge in [-0.2, -0.15) is 0 Å². The molecule has 0 atom stereocenters. The third-order valence-electron chi connectivity index (χ3n) is 4.40. The number of hydrogen-bond donors (Lipinski definition) is 1. The third-order valence-corrected chi connectivity index (χ3v) is 4.40. The van der Waals surface area contributed by atoms with Crippen LogP contribution >= 0.6 is 0 Å². The van der Waals surface area contributed by atoms with Crippen LogP contribution in [0.1, 0.15) is 31.2 Å². The van der Waals surface area contributed by atoms with Crippen molar-refractivity contribution in [3.05, 3.63) is 35.9 Å². The van der Waals surface area contributed by atoms with E-state index in [1.807, 2.05) is 0 Å². The van der Waals surface area contributed by atoms with Crippen molar-refractivity contribution in [3.63, 3.8) is 0 Å². The molecule has 0 aromatic heterocycles. The lowest BCUT2D eigenvalue weighted by atomic mass is 9.93. The zero-order chi connectivity index (χ0) is 13.8. The summed E-state index contributed by atoms with van der Waals surface area (Å²) < 4.78 is 5.38. The second-order valence-electron chi connectivity index (χ2n) is 6.44. The predicted octanol–water partition coefficient (Wildman–Crippen LogP) is 2.44. The van der Waals surface area contributed by atoms with Gasteiger partial charge in [0.25, 0.3) is 0 Å². The Morgan fingerprint density at radius 3 is 2.50 bits per heavy atom. The quantitative estimate of drug-likeness (QED) is 0.865. The Hall–Kier alpha value is -0.900. The monoisotopic (exact) mass is 275 g/mol. The number of ether oxygens (including phenoxy) is 1. The van der Waals surface area contributed by atoms with E-state index in [-0.39, 0.29) is 0 Å². The molecule has 1 N–H and O–H groups in total. The van der Waals surface area contributed by atoms with Crippen molar-refractivity contribution in [1.29, 1.82) is 0 Å². The number of aliphatic hydroxyl groups is 1. The molecule has 0 spiro atoms. The molecule has 3 nitrogen and oxygen atoms in total. The lowest BCUT2D eigenvalue weighted by Crippen LogP contribution is -2.47. The summed E-state index contributed by atoms with van der Waals surface area (Å²) in [4.78, 5) is 2.44.